The molecular weight excluding hydrogens is 180 g/mol. The standard InChI is InChI=1S/C11H20OS/c12-11-7-3-1-5-9-13-10-6-2-4-8-11/h1-10H2. The molecule has 1 heterocycles. The molecule has 0 N–H and O–H groups in total. The lowest BCUT2D eigenvalue weighted by molar-refractivity contribution is -0.119. The zero-order valence-corrected chi connectivity index (χ0v) is 9.20. The fourth-order valence-electron chi connectivity index (χ4n) is 1.63. The minimum Gasteiger partial charge on any atom is -0.300 e. The van der Waals surface area contributed by atoms with Gasteiger partial charge in [-0.25, -0.2) is 0 Å². The summed E-state index contributed by atoms with van der Waals surface area (Å²) >= 11 is 2.08. The summed E-state index contributed by atoms with van der Waals surface area (Å²) in [5.74, 6) is 3.09. The van der Waals surface area contributed by atoms with Crippen LogP contribution in [0.25, 0.3) is 0 Å². The van der Waals surface area contributed by atoms with E-state index in [0.29, 0.717) is 5.78 Å². The molecule has 1 aliphatic rings. The van der Waals surface area contributed by atoms with Gasteiger partial charge in [0.15, 0.2) is 0 Å². The van der Waals surface area contributed by atoms with E-state index >= 15 is 0 Å². The number of rotatable bonds is 0. The quantitative estimate of drug-likeness (QED) is 0.596. The third-order valence-corrected chi connectivity index (χ3v) is 3.64. The maximum Gasteiger partial charge on any atom is 0.132 e. The van der Waals surface area contributed by atoms with Crippen molar-refractivity contribution < 1.29 is 4.79 Å². The van der Waals surface area contributed by atoms with E-state index in [0.717, 1.165) is 25.7 Å². The van der Waals surface area contributed by atoms with Crippen LogP contribution >= 0.6 is 11.8 Å². The average molecular weight is 200 g/mol. The topological polar surface area (TPSA) is 17.1 Å². The van der Waals surface area contributed by atoms with E-state index in [1.165, 1.54) is 37.2 Å². The second-order valence-electron chi connectivity index (χ2n) is 3.77. The third-order valence-electron chi connectivity index (χ3n) is 2.49. The van der Waals surface area contributed by atoms with Crippen LogP contribution in [0.15, 0.2) is 0 Å². The molecule has 0 saturated carbocycles. The van der Waals surface area contributed by atoms with Crippen molar-refractivity contribution in [2.45, 2.75) is 51.4 Å². The van der Waals surface area contributed by atoms with Crippen LogP contribution in [0.3, 0.4) is 0 Å². The summed E-state index contributed by atoms with van der Waals surface area (Å²) in [6.07, 6.45) is 9.03. The lowest BCUT2D eigenvalue weighted by atomic mass is 10.1. The number of thioether (sulfide) groups is 1. The zero-order valence-electron chi connectivity index (χ0n) is 8.39. The van der Waals surface area contributed by atoms with E-state index in [1.54, 1.807) is 0 Å². The molecule has 1 aliphatic heterocycles. The predicted molar refractivity (Wildman–Crippen MR) is 59.3 cm³/mol. The Morgan fingerprint density at radius 3 is 1.85 bits per heavy atom. The van der Waals surface area contributed by atoms with Gasteiger partial charge in [0, 0.05) is 12.8 Å². The summed E-state index contributed by atoms with van der Waals surface area (Å²) in [4.78, 5) is 11.3. The monoisotopic (exact) mass is 200 g/mol. The first-order valence-corrected chi connectivity index (χ1v) is 6.64. The maximum atomic E-state index is 11.3. The van der Waals surface area contributed by atoms with Gasteiger partial charge in [0.1, 0.15) is 5.78 Å². The summed E-state index contributed by atoms with van der Waals surface area (Å²) in [6.45, 7) is 0. The van der Waals surface area contributed by atoms with Gasteiger partial charge in [0.05, 0.1) is 0 Å². The lowest BCUT2D eigenvalue weighted by Gasteiger charge is -2.05. The molecule has 13 heavy (non-hydrogen) atoms. The van der Waals surface area contributed by atoms with Crippen molar-refractivity contribution in [3.63, 3.8) is 0 Å². The van der Waals surface area contributed by atoms with E-state index in [4.69, 9.17) is 0 Å². The van der Waals surface area contributed by atoms with E-state index in [9.17, 15) is 4.79 Å². The fourth-order valence-corrected chi connectivity index (χ4v) is 2.65. The number of hydrogen-bond donors (Lipinski definition) is 0. The Morgan fingerprint density at radius 2 is 1.31 bits per heavy atom. The number of ketones is 1. The lowest BCUT2D eigenvalue weighted by Crippen LogP contribution is -1.99. The molecule has 2 heteroatoms. The molecule has 76 valence electrons. The van der Waals surface area contributed by atoms with Crippen molar-refractivity contribution in [3.05, 3.63) is 0 Å². The molecule has 0 aromatic rings. The molecule has 1 rings (SSSR count). The molecule has 0 atom stereocenters. The van der Waals surface area contributed by atoms with Crippen molar-refractivity contribution >= 4 is 17.5 Å². The van der Waals surface area contributed by atoms with Crippen molar-refractivity contribution in [1.82, 2.24) is 0 Å². The second-order valence-corrected chi connectivity index (χ2v) is 5.00. The van der Waals surface area contributed by atoms with Gasteiger partial charge in [0.2, 0.25) is 0 Å². The molecule has 0 bridgehead atoms. The highest BCUT2D eigenvalue weighted by molar-refractivity contribution is 7.99. The van der Waals surface area contributed by atoms with Gasteiger partial charge in [-0.15, -0.1) is 0 Å². The summed E-state index contributed by atoms with van der Waals surface area (Å²) in [6, 6.07) is 0. The smallest absolute Gasteiger partial charge is 0.132 e. The van der Waals surface area contributed by atoms with E-state index in [-0.39, 0.29) is 0 Å². The Balaban J connectivity index is 2.14. The van der Waals surface area contributed by atoms with Gasteiger partial charge in [-0.2, -0.15) is 11.8 Å². The van der Waals surface area contributed by atoms with E-state index < -0.39 is 0 Å². The Labute approximate surface area is 85.7 Å². The molecule has 0 aliphatic carbocycles. The van der Waals surface area contributed by atoms with Crippen molar-refractivity contribution in [2.24, 2.45) is 0 Å². The minimum atomic E-state index is 0.494. The van der Waals surface area contributed by atoms with Crippen molar-refractivity contribution in [1.29, 1.82) is 0 Å². The number of hydrogen-bond acceptors (Lipinski definition) is 2. The zero-order chi connectivity index (χ0) is 9.36. The number of Topliss-reactive ketones (excluding diaryl/α,β-unsaturated/α-hetero) is 1. The van der Waals surface area contributed by atoms with Crippen LogP contribution in [0, 0.1) is 0 Å². The molecule has 0 aromatic carbocycles. The summed E-state index contributed by atoms with van der Waals surface area (Å²) in [5.41, 5.74) is 0. The van der Waals surface area contributed by atoms with Gasteiger partial charge in [-0.1, -0.05) is 12.8 Å². The largest absolute Gasteiger partial charge is 0.300 e. The van der Waals surface area contributed by atoms with Crippen molar-refractivity contribution in [3.8, 4) is 0 Å². The molecule has 0 spiro atoms. The first kappa shape index (κ1) is 11.1. The summed E-state index contributed by atoms with van der Waals surface area (Å²) in [5, 5.41) is 0. The highest BCUT2D eigenvalue weighted by atomic mass is 32.2. The molecule has 0 aromatic heterocycles. The van der Waals surface area contributed by atoms with Crippen LogP contribution in [0.4, 0.5) is 0 Å². The molecule has 1 saturated heterocycles. The predicted octanol–water partition coefficient (Wildman–Crippen LogP) is 3.42. The van der Waals surface area contributed by atoms with Crippen LogP contribution < -0.4 is 0 Å². The molecule has 0 amide bonds. The van der Waals surface area contributed by atoms with Gasteiger partial charge in [-0.05, 0) is 37.2 Å². The van der Waals surface area contributed by atoms with Gasteiger partial charge < -0.3 is 0 Å². The van der Waals surface area contributed by atoms with E-state index in [1.807, 2.05) is 0 Å². The highest BCUT2D eigenvalue weighted by Gasteiger charge is 2.03. The Bertz CT molecular complexity index is 131. The average Bonchev–Trinajstić information content (AvgIpc) is 2.11. The molecule has 0 unspecified atom stereocenters. The Morgan fingerprint density at radius 1 is 0.769 bits per heavy atom. The minimum absolute atomic E-state index is 0.494. The SMILES string of the molecule is O=C1CCCCCSCCCCC1. The van der Waals surface area contributed by atoms with Crippen LogP contribution in [0.1, 0.15) is 51.4 Å². The molecule has 1 fully saturated rings. The molecular formula is C11H20OS. The Hall–Kier alpha value is 0.0200. The maximum absolute atomic E-state index is 11.3. The second kappa shape index (κ2) is 7.43. The number of carbonyl (C=O) groups excluding carboxylic acids is 1. The van der Waals surface area contributed by atoms with Crippen LogP contribution in [-0.2, 0) is 4.79 Å². The first-order valence-electron chi connectivity index (χ1n) is 5.49. The fraction of sp³-hybridized carbons (Fsp3) is 0.909. The van der Waals surface area contributed by atoms with Crippen LogP contribution in [0.2, 0.25) is 0 Å². The van der Waals surface area contributed by atoms with Gasteiger partial charge in [0.25, 0.3) is 0 Å². The summed E-state index contributed by atoms with van der Waals surface area (Å²) in [7, 11) is 0. The Kier molecular flexibility index (Phi) is 6.34. The normalized spacial score (nSPS) is 23.2. The highest BCUT2D eigenvalue weighted by Crippen LogP contribution is 2.14. The third kappa shape index (κ3) is 6.14. The van der Waals surface area contributed by atoms with Crippen molar-refractivity contribution in [2.75, 3.05) is 11.5 Å². The van der Waals surface area contributed by atoms with E-state index in [2.05, 4.69) is 11.8 Å². The molecule has 1 nitrogen and oxygen atoms in total. The summed E-state index contributed by atoms with van der Waals surface area (Å²) < 4.78 is 0. The van der Waals surface area contributed by atoms with Crippen LogP contribution in [0.5, 0.6) is 0 Å². The van der Waals surface area contributed by atoms with Gasteiger partial charge in [-0.3, -0.25) is 4.79 Å². The van der Waals surface area contributed by atoms with Crippen LogP contribution in [-0.4, -0.2) is 17.3 Å². The van der Waals surface area contributed by atoms with Gasteiger partial charge >= 0.3 is 0 Å². The number of carbonyl (C=O) groups is 1. The molecule has 0 radical (unpaired) electrons. The first-order chi connectivity index (χ1) is 6.39.